The molecule has 1 aliphatic heterocycles. The minimum absolute atomic E-state index is 0.0862. The number of nitrogens with one attached hydrogen (secondary N) is 2. The summed E-state index contributed by atoms with van der Waals surface area (Å²) in [6, 6.07) is 16.2. The number of fused-ring (bicyclic) bond motifs is 1. The third-order valence-corrected chi connectivity index (χ3v) is 6.99. The van der Waals surface area contributed by atoms with Gasteiger partial charge in [-0.1, -0.05) is 18.2 Å². The zero-order valence-electron chi connectivity index (χ0n) is 21.6. The predicted molar refractivity (Wildman–Crippen MR) is 144 cm³/mol. The van der Waals surface area contributed by atoms with Gasteiger partial charge in [0.15, 0.2) is 17.3 Å². The van der Waals surface area contributed by atoms with E-state index in [1.165, 1.54) is 11.8 Å². The SMILES string of the molecule is CC(NC(=O)CCc1nc2cccnc2n1Cc1ccc(F)c(F)c1)c1ccc(N2CCN[C@H](C)C2)cc1. The standard InChI is InChI=1S/C29H32F2N6O/c1-19-17-36(15-14-32-19)23-8-6-22(7-9-23)20(2)34-28(38)12-11-27-35-26-4-3-13-33-29(26)37(27)18-21-5-10-24(30)25(31)16-21/h3-10,13,16,19-20,32H,11-12,14-15,17-18H2,1-2H3,(H,34,38)/t19-,20?/m1/s1. The van der Waals surface area contributed by atoms with Crippen LogP contribution >= 0.6 is 0 Å². The van der Waals surface area contributed by atoms with Gasteiger partial charge >= 0.3 is 0 Å². The number of pyridine rings is 1. The molecular formula is C29H32F2N6O. The monoisotopic (exact) mass is 518 g/mol. The van der Waals surface area contributed by atoms with Crippen LogP contribution in [-0.2, 0) is 17.8 Å². The Hall–Kier alpha value is -3.85. The van der Waals surface area contributed by atoms with E-state index >= 15 is 0 Å². The normalized spacial score (nSPS) is 16.5. The van der Waals surface area contributed by atoms with Crippen molar-refractivity contribution >= 4 is 22.8 Å². The molecular weight excluding hydrogens is 486 g/mol. The van der Waals surface area contributed by atoms with Crippen molar-refractivity contribution in [3.63, 3.8) is 0 Å². The number of imidazole rings is 1. The highest BCUT2D eigenvalue weighted by Gasteiger charge is 2.18. The van der Waals surface area contributed by atoms with Crippen LogP contribution in [0.5, 0.6) is 0 Å². The van der Waals surface area contributed by atoms with Gasteiger partial charge in [0.05, 0.1) is 12.6 Å². The second kappa shape index (κ2) is 11.3. The molecule has 3 heterocycles. The first kappa shape index (κ1) is 25.8. The summed E-state index contributed by atoms with van der Waals surface area (Å²) in [6.45, 7) is 7.36. The van der Waals surface area contributed by atoms with E-state index in [2.05, 4.69) is 56.7 Å². The van der Waals surface area contributed by atoms with Gasteiger partial charge in [-0.2, -0.15) is 0 Å². The van der Waals surface area contributed by atoms with Gasteiger partial charge in [0, 0.05) is 50.4 Å². The summed E-state index contributed by atoms with van der Waals surface area (Å²) < 4.78 is 29.1. The van der Waals surface area contributed by atoms with E-state index in [4.69, 9.17) is 0 Å². The van der Waals surface area contributed by atoms with Gasteiger partial charge < -0.3 is 20.1 Å². The molecule has 1 amide bonds. The summed E-state index contributed by atoms with van der Waals surface area (Å²) >= 11 is 0. The van der Waals surface area contributed by atoms with Crippen molar-refractivity contribution in [1.82, 2.24) is 25.2 Å². The van der Waals surface area contributed by atoms with Gasteiger partial charge in [0.2, 0.25) is 5.91 Å². The molecule has 1 saturated heterocycles. The van der Waals surface area contributed by atoms with Gasteiger partial charge in [-0.15, -0.1) is 0 Å². The molecule has 1 unspecified atom stereocenters. The number of piperazine rings is 1. The average Bonchev–Trinajstić information content (AvgIpc) is 3.27. The van der Waals surface area contributed by atoms with Crippen molar-refractivity contribution < 1.29 is 13.6 Å². The Labute approximate surface area is 220 Å². The van der Waals surface area contributed by atoms with E-state index in [9.17, 15) is 13.6 Å². The number of amides is 1. The Balaban J connectivity index is 1.23. The van der Waals surface area contributed by atoms with Crippen LogP contribution in [0.25, 0.3) is 11.2 Å². The molecule has 0 radical (unpaired) electrons. The number of aromatic nitrogens is 3. The lowest BCUT2D eigenvalue weighted by atomic mass is 10.1. The number of benzene rings is 2. The van der Waals surface area contributed by atoms with Crippen LogP contribution in [-0.4, -0.2) is 46.1 Å². The summed E-state index contributed by atoms with van der Waals surface area (Å²) in [5.74, 6) is -1.20. The average molecular weight is 519 g/mol. The van der Waals surface area contributed by atoms with Crippen molar-refractivity contribution in [3.05, 3.63) is 89.4 Å². The number of halogens is 2. The number of carbonyl (C=O) groups is 1. The maximum atomic E-state index is 13.8. The van der Waals surface area contributed by atoms with Crippen LogP contribution in [0.4, 0.5) is 14.5 Å². The van der Waals surface area contributed by atoms with E-state index in [1.807, 2.05) is 17.6 Å². The van der Waals surface area contributed by atoms with E-state index in [0.717, 1.165) is 31.3 Å². The van der Waals surface area contributed by atoms with Gasteiger partial charge in [-0.3, -0.25) is 4.79 Å². The number of hydrogen-bond acceptors (Lipinski definition) is 5. The van der Waals surface area contributed by atoms with Gasteiger partial charge in [0.1, 0.15) is 11.3 Å². The fraction of sp³-hybridized carbons (Fsp3) is 0.345. The van der Waals surface area contributed by atoms with Crippen LogP contribution in [0.3, 0.4) is 0 Å². The third-order valence-electron chi connectivity index (χ3n) is 6.99. The molecule has 1 fully saturated rings. The molecule has 4 aromatic rings. The number of anilines is 1. The van der Waals surface area contributed by atoms with Gasteiger partial charge in [-0.25, -0.2) is 18.7 Å². The largest absolute Gasteiger partial charge is 0.369 e. The zero-order valence-corrected chi connectivity index (χ0v) is 21.6. The molecule has 7 nitrogen and oxygen atoms in total. The first-order valence-corrected chi connectivity index (χ1v) is 13.0. The number of carbonyl (C=O) groups excluding carboxylic acids is 1. The molecule has 38 heavy (non-hydrogen) atoms. The Bertz CT molecular complexity index is 1420. The summed E-state index contributed by atoms with van der Waals surface area (Å²) in [6.07, 6.45) is 2.29. The first-order chi connectivity index (χ1) is 18.4. The number of aryl methyl sites for hydroxylation is 1. The highest BCUT2D eigenvalue weighted by molar-refractivity contribution is 5.77. The molecule has 5 rings (SSSR count). The summed E-state index contributed by atoms with van der Waals surface area (Å²) in [5.41, 5.74) is 4.15. The lowest BCUT2D eigenvalue weighted by molar-refractivity contribution is -0.121. The number of rotatable bonds is 8. The lowest BCUT2D eigenvalue weighted by Gasteiger charge is -2.33. The van der Waals surface area contributed by atoms with E-state index in [1.54, 1.807) is 18.3 Å². The molecule has 9 heteroatoms. The minimum Gasteiger partial charge on any atom is -0.369 e. The van der Waals surface area contributed by atoms with E-state index in [-0.39, 0.29) is 24.9 Å². The topological polar surface area (TPSA) is 75.1 Å². The van der Waals surface area contributed by atoms with Crippen LogP contribution < -0.4 is 15.5 Å². The van der Waals surface area contributed by atoms with Crippen molar-refractivity contribution in [1.29, 1.82) is 0 Å². The summed E-state index contributed by atoms with van der Waals surface area (Å²) in [4.78, 5) is 24.3. The molecule has 2 N–H and O–H groups in total. The quantitative estimate of drug-likeness (QED) is 0.363. The number of hydrogen-bond donors (Lipinski definition) is 2. The molecule has 2 aromatic heterocycles. The molecule has 2 atom stereocenters. The highest BCUT2D eigenvalue weighted by Crippen LogP contribution is 2.22. The molecule has 2 aromatic carbocycles. The van der Waals surface area contributed by atoms with Gasteiger partial charge in [-0.05, 0) is 61.4 Å². The predicted octanol–water partition coefficient (Wildman–Crippen LogP) is 4.37. The van der Waals surface area contributed by atoms with Crippen LogP contribution in [0.15, 0.2) is 60.8 Å². The number of nitrogens with zero attached hydrogens (tertiary/aromatic N) is 4. The maximum Gasteiger partial charge on any atom is 0.220 e. The molecule has 0 aliphatic carbocycles. The minimum atomic E-state index is -0.898. The Morgan fingerprint density at radius 2 is 1.97 bits per heavy atom. The van der Waals surface area contributed by atoms with Crippen molar-refractivity contribution in [3.8, 4) is 0 Å². The Morgan fingerprint density at radius 1 is 1.16 bits per heavy atom. The van der Waals surface area contributed by atoms with Crippen LogP contribution in [0.1, 0.15) is 43.3 Å². The smallest absolute Gasteiger partial charge is 0.220 e. The zero-order chi connectivity index (χ0) is 26.6. The molecule has 0 spiro atoms. The lowest BCUT2D eigenvalue weighted by Crippen LogP contribution is -2.49. The third kappa shape index (κ3) is 5.83. The molecule has 198 valence electrons. The fourth-order valence-electron chi connectivity index (χ4n) is 4.95. The van der Waals surface area contributed by atoms with Gasteiger partial charge in [0.25, 0.3) is 0 Å². The van der Waals surface area contributed by atoms with Crippen molar-refractivity contribution in [2.75, 3.05) is 24.5 Å². The Kier molecular flexibility index (Phi) is 7.64. The fourth-order valence-corrected chi connectivity index (χ4v) is 4.95. The molecule has 0 saturated carbocycles. The van der Waals surface area contributed by atoms with E-state index in [0.29, 0.717) is 35.0 Å². The maximum absolute atomic E-state index is 13.8. The first-order valence-electron chi connectivity index (χ1n) is 13.0. The van der Waals surface area contributed by atoms with Crippen molar-refractivity contribution in [2.24, 2.45) is 0 Å². The van der Waals surface area contributed by atoms with E-state index < -0.39 is 11.6 Å². The van der Waals surface area contributed by atoms with Crippen LogP contribution in [0.2, 0.25) is 0 Å². The molecule has 1 aliphatic rings. The van der Waals surface area contributed by atoms with Crippen molar-refractivity contribution in [2.45, 2.75) is 45.3 Å². The summed E-state index contributed by atoms with van der Waals surface area (Å²) in [7, 11) is 0. The highest BCUT2D eigenvalue weighted by atomic mass is 19.2. The second-order valence-corrected chi connectivity index (χ2v) is 9.89. The molecule has 0 bridgehead atoms. The second-order valence-electron chi connectivity index (χ2n) is 9.89. The summed E-state index contributed by atoms with van der Waals surface area (Å²) in [5, 5.41) is 6.54. The Morgan fingerprint density at radius 3 is 2.74 bits per heavy atom. The van der Waals surface area contributed by atoms with Crippen LogP contribution in [0, 0.1) is 11.6 Å².